The molecule has 0 aliphatic carbocycles. The Bertz CT molecular complexity index is 1560. The molecule has 10 heteroatoms. The third kappa shape index (κ3) is 6.27. The monoisotopic (exact) mass is 572 g/mol. The topological polar surface area (TPSA) is 82.5 Å². The predicted octanol–water partition coefficient (Wildman–Crippen LogP) is 6.36. The molecule has 3 aromatic carbocycles. The molecule has 0 bridgehead atoms. The summed E-state index contributed by atoms with van der Waals surface area (Å²) in [5.74, 6) is -1.80. The molecule has 1 aliphatic rings. The Morgan fingerprint density at radius 2 is 1.40 bits per heavy atom. The lowest BCUT2D eigenvalue weighted by Crippen LogP contribution is -2.49. The molecule has 5 rings (SSSR count). The van der Waals surface area contributed by atoms with E-state index < -0.39 is 29.1 Å². The molecule has 1 fully saturated rings. The Kier molecular flexibility index (Phi) is 7.98. The molecular formula is C32H34F2N6O2. The first-order valence-corrected chi connectivity index (χ1v) is 13.8. The molecule has 1 aromatic heterocycles. The highest BCUT2D eigenvalue weighted by Crippen LogP contribution is 2.27. The zero-order valence-electron chi connectivity index (χ0n) is 24.1. The van der Waals surface area contributed by atoms with Crippen LogP contribution in [0.2, 0.25) is 0 Å². The second kappa shape index (κ2) is 11.6. The standard InChI is InChI=1S/C32H34F2N6O2/c1-21-8-12-24(13-9-21)40-28(20-27(37-40)32(2,3)4)36-31(42)35-22-10-14-23(15-11-22)38-16-18-39(19-17-38)30(41)29-25(33)6-5-7-26(29)34/h5-15,20H,16-19H2,1-4H3,(H2,35,36,42). The summed E-state index contributed by atoms with van der Waals surface area (Å²) in [6.07, 6.45) is 0. The lowest BCUT2D eigenvalue weighted by atomic mass is 9.92. The summed E-state index contributed by atoms with van der Waals surface area (Å²) >= 11 is 0. The van der Waals surface area contributed by atoms with Crippen molar-refractivity contribution in [3.05, 3.63) is 101 Å². The second-order valence-electron chi connectivity index (χ2n) is 11.4. The van der Waals surface area contributed by atoms with E-state index in [1.54, 1.807) is 16.8 Å². The third-order valence-corrected chi connectivity index (χ3v) is 7.23. The van der Waals surface area contributed by atoms with E-state index in [-0.39, 0.29) is 5.41 Å². The fourth-order valence-corrected chi connectivity index (χ4v) is 4.78. The molecule has 8 nitrogen and oxygen atoms in total. The molecule has 0 radical (unpaired) electrons. The van der Waals surface area contributed by atoms with Crippen molar-refractivity contribution in [3.63, 3.8) is 0 Å². The van der Waals surface area contributed by atoms with Crippen LogP contribution in [0.5, 0.6) is 0 Å². The number of nitrogens with one attached hydrogen (secondary N) is 2. The summed E-state index contributed by atoms with van der Waals surface area (Å²) in [5.41, 5.74) is 3.63. The Morgan fingerprint density at radius 1 is 0.810 bits per heavy atom. The van der Waals surface area contributed by atoms with Crippen LogP contribution in [0, 0.1) is 18.6 Å². The molecule has 0 spiro atoms. The maximum absolute atomic E-state index is 14.1. The van der Waals surface area contributed by atoms with Gasteiger partial charge in [-0.2, -0.15) is 5.10 Å². The van der Waals surface area contributed by atoms with Gasteiger partial charge in [-0.25, -0.2) is 18.3 Å². The van der Waals surface area contributed by atoms with Crippen LogP contribution in [0.3, 0.4) is 0 Å². The van der Waals surface area contributed by atoms with Gasteiger partial charge >= 0.3 is 6.03 Å². The number of hydrogen-bond acceptors (Lipinski definition) is 4. The van der Waals surface area contributed by atoms with E-state index in [1.807, 2.05) is 49.4 Å². The fourth-order valence-electron chi connectivity index (χ4n) is 4.78. The van der Waals surface area contributed by atoms with Gasteiger partial charge in [-0.3, -0.25) is 10.1 Å². The molecule has 42 heavy (non-hydrogen) atoms. The summed E-state index contributed by atoms with van der Waals surface area (Å²) in [4.78, 5) is 29.2. The number of amides is 3. The van der Waals surface area contributed by atoms with Crippen molar-refractivity contribution in [2.45, 2.75) is 33.1 Å². The number of nitrogens with zero attached hydrogens (tertiary/aromatic N) is 4. The van der Waals surface area contributed by atoms with Crippen molar-refractivity contribution in [3.8, 4) is 5.69 Å². The van der Waals surface area contributed by atoms with Crippen LogP contribution in [0.1, 0.15) is 42.4 Å². The van der Waals surface area contributed by atoms with E-state index in [0.717, 1.165) is 34.8 Å². The maximum atomic E-state index is 14.1. The van der Waals surface area contributed by atoms with Crippen molar-refractivity contribution in [1.29, 1.82) is 0 Å². The number of carbonyl (C=O) groups excluding carboxylic acids is 2. The Balaban J connectivity index is 1.21. The largest absolute Gasteiger partial charge is 0.368 e. The van der Waals surface area contributed by atoms with Gasteiger partial charge in [0.25, 0.3) is 5.91 Å². The Morgan fingerprint density at radius 3 is 2.00 bits per heavy atom. The van der Waals surface area contributed by atoms with Crippen molar-refractivity contribution < 1.29 is 18.4 Å². The zero-order chi connectivity index (χ0) is 30.0. The van der Waals surface area contributed by atoms with Crippen LogP contribution in [-0.2, 0) is 5.41 Å². The van der Waals surface area contributed by atoms with Crippen LogP contribution in [-0.4, -0.2) is 52.8 Å². The molecule has 3 amide bonds. The number of benzene rings is 3. The quantitative estimate of drug-likeness (QED) is 0.292. The first-order valence-electron chi connectivity index (χ1n) is 13.8. The number of piperazine rings is 1. The van der Waals surface area contributed by atoms with Gasteiger partial charge in [0, 0.05) is 49.0 Å². The van der Waals surface area contributed by atoms with Gasteiger partial charge in [0.1, 0.15) is 23.0 Å². The van der Waals surface area contributed by atoms with Gasteiger partial charge in [-0.1, -0.05) is 44.5 Å². The fraction of sp³-hybridized carbons (Fsp3) is 0.281. The molecule has 218 valence electrons. The third-order valence-electron chi connectivity index (χ3n) is 7.23. The first-order chi connectivity index (χ1) is 20.0. The van der Waals surface area contributed by atoms with E-state index in [9.17, 15) is 18.4 Å². The van der Waals surface area contributed by atoms with E-state index >= 15 is 0 Å². The van der Waals surface area contributed by atoms with Gasteiger partial charge in [0.2, 0.25) is 0 Å². The number of urea groups is 1. The number of aryl methyl sites for hydroxylation is 1. The highest BCUT2D eigenvalue weighted by molar-refractivity contribution is 5.99. The van der Waals surface area contributed by atoms with E-state index in [0.29, 0.717) is 37.7 Å². The average Bonchev–Trinajstić information content (AvgIpc) is 3.38. The second-order valence-corrected chi connectivity index (χ2v) is 11.4. The molecule has 1 saturated heterocycles. The molecule has 2 heterocycles. The molecule has 4 aromatic rings. The summed E-state index contributed by atoms with van der Waals surface area (Å²) in [5, 5.41) is 10.6. The lowest BCUT2D eigenvalue weighted by molar-refractivity contribution is 0.0737. The first kappa shape index (κ1) is 28.8. The van der Waals surface area contributed by atoms with Gasteiger partial charge in [0.15, 0.2) is 0 Å². The number of rotatable bonds is 5. The van der Waals surface area contributed by atoms with Crippen LogP contribution in [0.15, 0.2) is 72.8 Å². The van der Waals surface area contributed by atoms with Crippen LogP contribution in [0.25, 0.3) is 5.69 Å². The van der Waals surface area contributed by atoms with Gasteiger partial charge < -0.3 is 15.1 Å². The molecular weight excluding hydrogens is 538 g/mol. The summed E-state index contributed by atoms with van der Waals surface area (Å²) < 4.78 is 29.9. The zero-order valence-corrected chi connectivity index (χ0v) is 24.1. The molecule has 0 saturated carbocycles. The Hall–Kier alpha value is -4.73. The van der Waals surface area contributed by atoms with Crippen LogP contribution in [0.4, 0.5) is 30.8 Å². The van der Waals surface area contributed by atoms with Gasteiger partial charge in [-0.15, -0.1) is 0 Å². The summed E-state index contributed by atoms with van der Waals surface area (Å²) in [7, 11) is 0. The number of carbonyl (C=O) groups is 2. The maximum Gasteiger partial charge on any atom is 0.324 e. The molecule has 1 aliphatic heterocycles. The predicted molar refractivity (Wildman–Crippen MR) is 161 cm³/mol. The lowest BCUT2D eigenvalue weighted by Gasteiger charge is -2.36. The van der Waals surface area contributed by atoms with Gasteiger partial charge in [-0.05, 0) is 55.5 Å². The van der Waals surface area contributed by atoms with E-state index in [1.165, 1.54) is 11.0 Å². The number of halogens is 2. The van der Waals surface area contributed by atoms with Crippen molar-refractivity contribution >= 4 is 29.1 Å². The number of anilines is 3. The highest BCUT2D eigenvalue weighted by atomic mass is 19.1. The average molecular weight is 573 g/mol. The number of hydrogen-bond donors (Lipinski definition) is 2. The minimum absolute atomic E-state index is 0.203. The number of aromatic nitrogens is 2. The van der Waals surface area contributed by atoms with Crippen molar-refractivity contribution in [1.82, 2.24) is 14.7 Å². The molecule has 0 unspecified atom stereocenters. The Labute approximate surface area is 243 Å². The minimum atomic E-state index is -0.858. The van der Waals surface area contributed by atoms with Crippen molar-refractivity contribution in [2.24, 2.45) is 0 Å². The highest BCUT2D eigenvalue weighted by Gasteiger charge is 2.27. The SMILES string of the molecule is Cc1ccc(-n2nc(C(C)(C)C)cc2NC(=O)Nc2ccc(N3CCN(C(=O)c4c(F)cccc4F)CC3)cc2)cc1. The van der Waals surface area contributed by atoms with Gasteiger partial charge in [0.05, 0.1) is 11.4 Å². The van der Waals surface area contributed by atoms with Crippen LogP contribution >= 0.6 is 0 Å². The van der Waals surface area contributed by atoms with Crippen molar-refractivity contribution in [2.75, 3.05) is 41.7 Å². The summed E-state index contributed by atoms with van der Waals surface area (Å²) in [6.45, 7) is 9.91. The normalized spacial score (nSPS) is 13.7. The molecule has 2 N–H and O–H groups in total. The van der Waals surface area contributed by atoms with Crippen LogP contribution < -0.4 is 15.5 Å². The smallest absolute Gasteiger partial charge is 0.324 e. The van der Waals surface area contributed by atoms with E-state index in [4.69, 9.17) is 5.10 Å². The minimum Gasteiger partial charge on any atom is -0.368 e. The van der Waals surface area contributed by atoms with E-state index in [2.05, 4.69) is 36.3 Å². The summed E-state index contributed by atoms with van der Waals surface area (Å²) in [6, 6.07) is 20.2. The molecule has 0 atom stereocenters.